The molecule has 1 aliphatic heterocycles. The summed E-state index contributed by atoms with van der Waals surface area (Å²) in [6.07, 6.45) is 0.541. The van der Waals surface area contributed by atoms with Crippen molar-refractivity contribution in [1.29, 1.82) is 0 Å². The highest BCUT2D eigenvalue weighted by atomic mass is 16.5. The Balaban J connectivity index is 1.72. The number of benzene rings is 4. The van der Waals surface area contributed by atoms with E-state index in [2.05, 4.69) is 41.5 Å². The molecule has 244 valence electrons. The second kappa shape index (κ2) is 12.3. The largest absolute Gasteiger partial charge is 0.496 e. The normalized spacial score (nSPS) is 15.0. The first kappa shape index (κ1) is 33.9. The number of carbonyl (C=O) groups excluding carboxylic acids is 2. The molecule has 0 spiro atoms. The Bertz CT molecular complexity index is 1850. The number of hydrogen-bond donors (Lipinski definition) is 1. The van der Waals surface area contributed by atoms with Crippen molar-refractivity contribution in [3.05, 3.63) is 124 Å². The standard InChI is InChI=1S/C42H47NO4/c1-26-25-42(8,9)43(39(46)28-17-21-30(22-18-28)41(5,6)7)33-24-23-32(31-13-11-12-14-34(31)47-10)36(35(26)33)38(45)37(44)27-15-19-29(20-16-27)40(2,3)4/h11-25,38,45H,1-10H3. The van der Waals surface area contributed by atoms with Crippen molar-refractivity contribution < 1.29 is 19.4 Å². The molecule has 1 heterocycles. The first-order valence-corrected chi connectivity index (χ1v) is 16.2. The molecule has 5 nitrogen and oxygen atoms in total. The van der Waals surface area contributed by atoms with Crippen LogP contribution in [0.2, 0.25) is 0 Å². The van der Waals surface area contributed by atoms with Gasteiger partial charge in [-0.3, -0.25) is 14.5 Å². The van der Waals surface area contributed by atoms with Crippen molar-refractivity contribution >= 4 is 23.0 Å². The van der Waals surface area contributed by atoms with E-state index >= 15 is 0 Å². The highest BCUT2D eigenvalue weighted by Gasteiger charge is 2.40. The van der Waals surface area contributed by atoms with Crippen LogP contribution in [0.15, 0.2) is 91.0 Å². The Kier molecular flexibility index (Phi) is 8.85. The lowest BCUT2D eigenvalue weighted by Gasteiger charge is -2.43. The number of aliphatic hydroxyl groups excluding tert-OH is 1. The zero-order valence-electron chi connectivity index (χ0n) is 29.4. The molecule has 5 rings (SSSR count). The number of nitrogens with zero attached hydrogens (tertiary/aromatic N) is 1. The molecule has 1 aliphatic rings. The molecule has 5 heteroatoms. The molecule has 1 N–H and O–H groups in total. The molecule has 0 radical (unpaired) electrons. The molecule has 1 atom stereocenters. The molecule has 4 aromatic rings. The lowest BCUT2D eigenvalue weighted by molar-refractivity contribution is 0.0748. The van der Waals surface area contributed by atoms with Crippen molar-refractivity contribution in [3.8, 4) is 16.9 Å². The summed E-state index contributed by atoms with van der Waals surface area (Å²) in [7, 11) is 1.61. The van der Waals surface area contributed by atoms with E-state index in [1.807, 2.05) is 99.6 Å². The quantitative estimate of drug-likeness (QED) is 0.216. The Labute approximate surface area is 279 Å². The Morgan fingerprint density at radius 1 is 0.745 bits per heavy atom. The first-order chi connectivity index (χ1) is 22.0. The maximum absolute atomic E-state index is 14.4. The number of para-hydroxylation sites is 1. The fraction of sp³-hybridized carbons (Fsp3) is 0.333. The molecule has 4 aromatic carbocycles. The average Bonchev–Trinajstić information content (AvgIpc) is 3.02. The van der Waals surface area contributed by atoms with E-state index in [1.165, 1.54) is 0 Å². The zero-order chi connectivity index (χ0) is 34.5. The van der Waals surface area contributed by atoms with E-state index in [1.54, 1.807) is 24.1 Å². The minimum Gasteiger partial charge on any atom is -0.496 e. The number of ketones is 1. The van der Waals surface area contributed by atoms with Gasteiger partial charge in [0.05, 0.1) is 18.3 Å². The molecule has 0 saturated heterocycles. The van der Waals surface area contributed by atoms with Crippen LogP contribution in [0.3, 0.4) is 0 Å². The number of anilines is 1. The van der Waals surface area contributed by atoms with Crippen LogP contribution < -0.4 is 9.64 Å². The van der Waals surface area contributed by atoms with Crippen LogP contribution >= 0.6 is 0 Å². The minimum atomic E-state index is -1.50. The topological polar surface area (TPSA) is 66.8 Å². The maximum Gasteiger partial charge on any atom is 0.259 e. The van der Waals surface area contributed by atoms with Crippen molar-refractivity contribution in [2.24, 2.45) is 0 Å². The minimum absolute atomic E-state index is 0.0437. The van der Waals surface area contributed by atoms with Gasteiger partial charge in [0, 0.05) is 27.8 Å². The summed E-state index contributed by atoms with van der Waals surface area (Å²) in [6, 6.07) is 26.6. The number of rotatable bonds is 6. The lowest BCUT2D eigenvalue weighted by atomic mass is 9.80. The predicted molar refractivity (Wildman–Crippen MR) is 193 cm³/mol. The number of fused-ring (bicyclic) bond motifs is 1. The van der Waals surface area contributed by atoms with Gasteiger partial charge in [0.1, 0.15) is 11.9 Å². The molecule has 0 aliphatic carbocycles. The van der Waals surface area contributed by atoms with Crippen molar-refractivity contribution in [2.75, 3.05) is 12.0 Å². The van der Waals surface area contributed by atoms with E-state index < -0.39 is 17.4 Å². The van der Waals surface area contributed by atoms with Gasteiger partial charge in [-0.05, 0) is 78.1 Å². The molecule has 1 unspecified atom stereocenters. The van der Waals surface area contributed by atoms with Gasteiger partial charge in [-0.2, -0.15) is 0 Å². The van der Waals surface area contributed by atoms with Crippen LogP contribution in [-0.2, 0) is 10.8 Å². The third-order valence-electron chi connectivity index (χ3n) is 9.16. The van der Waals surface area contributed by atoms with Crippen molar-refractivity contribution in [3.63, 3.8) is 0 Å². The lowest BCUT2D eigenvalue weighted by Crippen LogP contribution is -2.49. The predicted octanol–water partition coefficient (Wildman–Crippen LogP) is 9.72. The van der Waals surface area contributed by atoms with Gasteiger partial charge in [0.2, 0.25) is 0 Å². The van der Waals surface area contributed by atoms with Gasteiger partial charge in [0.15, 0.2) is 5.78 Å². The van der Waals surface area contributed by atoms with Crippen LogP contribution in [0, 0.1) is 0 Å². The van der Waals surface area contributed by atoms with Gasteiger partial charge >= 0.3 is 0 Å². The number of ether oxygens (including phenoxy) is 1. The van der Waals surface area contributed by atoms with Gasteiger partial charge in [0.25, 0.3) is 5.91 Å². The smallest absolute Gasteiger partial charge is 0.259 e. The fourth-order valence-corrected chi connectivity index (χ4v) is 6.61. The second-order valence-electron chi connectivity index (χ2n) is 15.2. The van der Waals surface area contributed by atoms with Crippen LogP contribution in [0.25, 0.3) is 16.7 Å². The highest BCUT2D eigenvalue weighted by molar-refractivity contribution is 6.11. The Hall–Kier alpha value is -4.48. The Morgan fingerprint density at radius 2 is 1.28 bits per heavy atom. The third-order valence-corrected chi connectivity index (χ3v) is 9.16. The highest BCUT2D eigenvalue weighted by Crippen LogP contribution is 2.48. The van der Waals surface area contributed by atoms with Gasteiger partial charge < -0.3 is 9.84 Å². The number of carbonyl (C=O) groups is 2. The average molecular weight is 630 g/mol. The van der Waals surface area contributed by atoms with E-state index in [4.69, 9.17) is 4.74 Å². The molecule has 1 amide bonds. The van der Waals surface area contributed by atoms with Crippen LogP contribution in [0.4, 0.5) is 5.69 Å². The summed E-state index contributed by atoms with van der Waals surface area (Å²) >= 11 is 0. The van der Waals surface area contributed by atoms with Crippen molar-refractivity contribution in [2.45, 2.75) is 84.8 Å². The second-order valence-corrected chi connectivity index (χ2v) is 15.2. The maximum atomic E-state index is 14.4. The summed E-state index contributed by atoms with van der Waals surface area (Å²) in [6.45, 7) is 18.8. The number of methoxy groups -OCH3 is 1. The van der Waals surface area contributed by atoms with Crippen LogP contribution in [0.1, 0.15) is 111 Å². The summed E-state index contributed by atoms with van der Waals surface area (Å²) in [5.74, 6) is 0.0471. The molecule has 0 aromatic heterocycles. The summed E-state index contributed by atoms with van der Waals surface area (Å²) in [4.78, 5) is 30.3. The van der Waals surface area contributed by atoms with E-state index in [0.717, 1.165) is 22.3 Å². The SMILES string of the molecule is COc1ccccc1-c1ccc2c(c1C(O)C(=O)c1ccc(C(C)(C)C)cc1)C(C)=CC(C)(C)N2C(=O)c1ccc(C(C)(C)C)cc1. The molecule has 0 saturated carbocycles. The monoisotopic (exact) mass is 629 g/mol. The van der Waals surface area contributed by atoms with Crippen LogP contribution in [-0.4, -0.2) is 29.4 Å². The van der Waals surface area contributed by atoms with Crippen LogP contribution in [0.5, 0.6) is 5.75 Å². The zero-order valence-corrected chi connectivity index (χ0v) is 29.4. The first-order valence-electron chi connectivity index (χ1n) is 16.2. The van der Waals surface area contributed by atoms with Gasteiger partial charge in [-0.15, -0.1) is 0 Å². The third kappa shape index (κ3) is 6.42. The molecular weight excluding hydrogens is 582 g/mol. The van der Waals surface area contributed by atoms with E-state index in [-0.39, 0.29) is 16.7 Å². The Morgan fingerprint density at radius 3 is 1.81 bits per heavy atom. The summed E-state index contributed by atoms with van der Waals surface area (Å²) < 4.78 is 5.73. The molecule has 47 heavy (non-hydrogen) atoms. The number of Topliss-reactive ketones (excluding diaryl/α,β-unsaturated/α-hetero) is 1. The van der Waals surface area contributed by atoms with Gasteiger partial charge in [-0.25, -0.2) is 0 Å². The van der Waals surface area contributed by atoms with Gasteiger partial charge in [-0.1, -0.05) is 108 Å². The number of aliphatic hydroxyl groups is 1. The van der Waals surface area contributed by atoms with Crippen molar-refractivity contribution in [1.82, 2.24) is 0 Å². The number of allylic oxidation sites excluding steroid dienone is 1. The number of hydrogen-bond acceptors (Lipinski definition) is 4. The fourth-order valence-electron chi connectivity index (χ4n) is 6.61. The molecular formula is C42H47NO4. The van der Waals surface area contributed by atoms with E-state index in [9.17, 15) is 14.7 Å². The number of amides is 1. The van der Waals surface area contributed by atoms with E-state index in [0.29, 0.717) is 39.3 Å². The summed E-state index contributed by atoms with van der Waals surface area (Å²) in [5, 5.41) is 12.1. The summed E-state index contributed by atoms with van der Waals surface area (Å²) in [5.41, 5.74) is 6.46. The molecule has 0 bridgehead atoms. The molecule has 0 fully saturated rings.